The van der Waals surface area contributed by atoms with Crippen molar-refractivity contribution < 1.29 is 9.90 Å². The molecule has 2 unspecified atom stereocenters. The first-order chi connectivity index (χ1) is 10.7. The molecule has 4 heteroatoms. The zero-order chi connectivity index (χ0) is 15.5. The van der Waals surface area contributed by atoms with Gasteiger partial charge >= 0.3 is 0 Å². The van der Waals surface area contributed by atoms with Crippen molar-refractivity contribution >= 4 is 16.8 Å². The van der Waals surface area contributed by atoms with Crippen molar-refractivity contribution in [3.63, 3.8) is 0 Å². The first-order valence-electron chi connectivity index (χ1n) is 8.15. The lowest BCUT2D eigenvalue weighted by Gasteiger charge is -2.30. The highest BCUT2D eigenvalue weighted by atomic mass is 16.3. The summed E-state index contributed by atoms with van der Waals surface area (Å²) in [6.45, 7) is 2.23. The van der Waals surface area contributed by atoms with Crippen LogP contribution in [-0.4, -0.2) is 28.6 Å². The molecule has 0 bridgehead atoms. The summed E-state index contributed by atoms with van der Waals surface area (Å²) >= 11 is 0. The average Bonchev–Trinajstić information content (AvgIpc) is 2.92. The Hall–Kier alpha value is -1.81. The normalized spacial score (nSPS) is 21.9. The molecule has 2 aromatic rings. The zero-order valence-corrected chi connectivity index (χ0v) is 13.1. The van der Waals surface area contributed by atoms with E-state index in [0.717, 1.165) is 42.1 Å². The third-order valence-electron chi connectivity index (χ3n) is 4.84. The lowest BCUT2D eigenvalue weighted by Crippen LogP contribution is -2.44. The van der Waals surface area contributed by atoms with Crippen LogP contribution in [0.1, 0.15) is 36.8 Å². The molecule has 1 saturated carbocycles. The molecule has 0 spiro atoms. The van der Waals surface area contributed by atoms with Gasteiger partial charge in [0.1, 0.15) is 0 Å². The van der Waals surface area contributed by atoms with Crippen molar-refractivity contribution in [2.24, 2.45) is 5.92 Å². The first kappa shape index (κ1) is 15.1. The van der Waals surface area contributed by atoms with E-state index in [1.807, 2.05) is 18.3 Å². The van der Waals surface area contributed by atoms with Gasteiger partial charge in [-0.25, -0.2) is 0 Å². The number of aliphatic hydroxyl groups excluding tert-OH is 1. The van der Waals surface area contributed by atoms with Crippen LogP contribution >= 0.6 is 0 Å². The molecular formula is C18H24N2O2. The topological polar surface area (TPSA) is 65.1 Å². The molecule has 118 valence electrons. The van der Waals surface area contributed by atoms with Gasteiger partial charge in [0.25, 0.3) is 0 Å². The van der Waals surface area contributed by atoms with E-state index < -0.39 is 0 Å². The van der Waals surface area contributed by atoms with Crippen LogP contribution in [0.4, 0.5) is 0 Å². The Morgan fingerprint density at radius 3 is 3.00 bits per heavy atom. The smallest absolute Gasteiger partial charge is 0.224 e. The maximum Gasteiger partial charge on any atom is 0.224 e. The van der Waals surface area contributed by atoms with Crippen molar-refractivity contribution in [1.82, 2.24) is 10.3 Å². The SMILES string of the molecule is Cc1cccc2[nH]cc(CC(=O)NC3CCCCC3CO)c12. The minimum atomic E-state index is 0.0505. The maximum absolute atomic E-state index is 12.4. The fourth-order valence-corrected chi connectivity index (χ4v) is 3.64. The summed E-state index contributed by atoms with van der Waals surface area (Å²) in [7, 11) is 0. The number of carbonyl (C=O) groups is 1. The van der Waals surface area contributed by atoms with Crippen molar-refractivity contribution in [2.45, 2.75) is 45.1 Å². The molecule has 0 saturated heterocycles. The molecule has 3 N–H and O–H groups in total. The highest BCUT2D eigenvalue weighted by Gasteiger charge is 2.26. The average molecular weight is 300 g/mol. The maximum atomic E-state index is 12.4. The van der Waals surface area contributed by atoms with E-state index in [-0.39, 0.29) is 24.5 Å². The van der Waals surface area contributed by atoms with Gasteiger partial charge in [0.15, 0.2) is 0 Å². The van der Waals surface area contributed by atoms with Gasteiger partial charge in [-0.15, -0.1) is 0 Å². The highest BCUT2D eigenvalue weighted by molar-refractivity contribution is 5.91. The fourth-order valence-electron chi connectivity index (χ4n) is 3.64. The molecule has 0 radical (unpaired) electrons. The third-order valence-corrected chi connectivity index (χ3v) is 4.84. The molecule has 1 aliphatic rings. The van der Waals surface area contributed by atoms with Crippen molar-refractivity contribution in [3.8, 4) is 0 Å². The molecule has 0 aliphatic heterocycles. The molecule has 1 aromatic heterocycles. The Morgan fingerprint density at radius 1 is 1.36 bits per heavy atom. The molecule has 1 aliphatic carbocycles. The van der Waals surface area contributed by atoms with Gasteiger partial charge in [0.2, 0.25) is 5.91 Å². The molecule has 22 heavy (non-hydrogen) atoms. The third kappa shape index (κ3) is 3.02. The Balaban J connectivity index is 1.70. The van der Waals surface area contributed by atoms with Crippen LogP contribution in [0.15, 0.2) is 24.4 Å². The van der Waals surface area contributed by atoms with Gasteiger partial charge in [0, 0.05) is 35.7 Å². The number of aryl methyl sites for hydroxylation is 1. The Bertz CT molecular complexity index is 662. The summed E-state index contributed by atoms with van der Waals surface area (Å²) in [6, 6.07) is 6.25. The van der Waals surface area contributed by atoms with Gasteiger partial charge in [-0.1, -0.05) is 25.0 Å². The molecule has 1 fully saturated rings. The van der Waals surface area contributed by atoms with Crippen LogP contribution < -0.4 is 5.32 Å². The predicted molar refractivity (Wildman–Crippen MR) is 87.7 cm³/mol. The summed E-state index contributed by atoms with van der Waals surface area (Å²) in [5, 5.41) is 13.7. The van der Waals surface area contributed by atoms with Crippen LogP contribution in [0.5, 0.6) is 0 Å². The van der Waals surface area contributed by atoms with Crippen LogP contribution in [0.2, 0.25) is 0 Å². The van der Waals surface area contributed by atoms with Crippen LogP contribution in [0.25, 0.3) is 10.9 Å². The Labute approximate surface area is 130 Å². The number of hydrogen-bond acceptors (Lipinski definition) is 2. The summed E-state index contributed by atoms with van der Waals surface area (Å²) in [4.78, 5) is 15.6. The number of carbonyl (C=O) groups excluding carboxylic acids is 1. The molecule has 4 nitrogen and oxygen atoms in total. The largest absolute Gasteiger partial charge is 0.396 e. The second-order valence-corrected chi connectivity index (χ2v) is 6.39. The van der Waals surface area contributed by atoms with Crippen molar-refractivity contribution in [3.05, 3.63) is 35.5 Å². The van der Waals surface area contributed by atoms with Crippen LogP contribution in [0, 0.1) is 12.8 Å². The molecule has 1 aromatic carbocycles. The zero-order valence-electron chi connectivity index (χ0n) is 13.1. The second-order valence-electron chi connectivity index (χ2n) is 6.39. The molecule has 3 rings (SSSR count). The number of hydrogen-bond donors (Lipinski definition) is 3. The summed E-state index contributed by atoms with van der Waals surface area (Å²) in [6.07, 6.45) is 6.59. The van der Waals surface area contributed by atoms with Gasteiger partial charge in [-0.2, -0.15) is 0 Å². The van der Waals surface area contributed by atoms with Gasteiger partial charge in [0.05, 0.1) is 6.42 Å². The number of fused-ring (bicyclic) bond motifs is 1. The first-order valence-corrected chi connectivity index (χ1v) is 8.15. The summed E-state index contributed by atoms with van der Waals surface area (Å²) < 4.78 is 0. The molecule has 1 amide bonds. The highest BCUT2D eigenvalue weighted by Crippen LogP contribution is 2.25. The predicted octanol–water partition coefficient (Wildman–Crippen LogP) is 2.69. The van der Waals surface area contributed by atoms with Crippen molar-refractivity contribution in [2.75, 3.05) is 6.61 Å². The summed E-state index contributed by atoms with van der Waals surface area (Å²) in [5.74, 6) is 0.261. The van der Waals surface area contributed by atoms with E-state index in [1.54, 1.807) is 0 Å². The number of rotatable bonds is 4. The van der Waals surface area contributed by atoms with E-state index in [1.165, 1.54) is 5.56 Å². The number of nitrogens with one attached hydrogen (secondary N) is 2. The number of aromatic nitrogens is 1. The number of benzene rings is 1. The monoisotopic (exact) mass is 300 g/mol. The lowest BCUT2D eigenvalue weighted by atomic mass is 9.85. The van der Waals surface area contributed by atoms with E-state index in [9.17, 15) is 9.90 Å². The van der Waals surface area contributed by atoms with E-state index in [2.05, 4.69) is 23.3 Å². The van der Waals surface area contributed by atoms with Gasteiger partial charge < -0.3 is 15.4 Å². The second kappa shape index (κ2) is 6.53. The Morgan fingerprint density at radius 2 is 2.18 bits per heavy atom. The van der Waals surface area contributed by atoms with E-state index in [0.29, 0.717) is 6.42 Å². The van der Waals surface area contributed by atoms with Crippen LogP contribution in [0.3, 0.4) is 0 Å². The van der Waals surface area contributed by atoms with Gasteiger partial charge in [-0.3, -0.25) is 4.79 Å². The number of aliphatic hydroxyl groups is 1. The number of H-pyrrole nitrogens is 1. The van der Waals surface area contributed by atoms with E-state index in [4.69, 9.17) is 0 Å². The Kier molecular flexibility index (Phi) is 4.48. The lowest BCUT2D eigenvalue weighted by molar-refractivity contribution is -0.121. The molecular weight excluding hydrogens is 276 g/mol. The van der Waals surface area contributed by atoms with E-state index >= 15 is 0 Å². The number of aromatic amines is 1. The summed E-state index contributed by atoms with van der Waals surface area (Å²) in [5.41, 5.74) is 3.31. The quantitative estimate of drug-likeness (QED) is 0.813. The van der Waals surface area contributed by atoms with Crippen LogP contribution in [-0.2, 0) is 11.2 Å². The molecule has 2 atom stereocenters. The fraction of sp³-hybridized carbons (Fsp3) is 0.500. The standard InChI is InChI=1S/C18H24N2O2/c1-12-5-4-8-16-18(12)14(10-19-16)9-17(22)20-15-7-3-2-6-13(15)11-21/h4-5,8,10,13,15,19,21H,2-3,6-7,9,11H2,1H3,(H,20,22). The molecule has 1 heterocycles. The van der Waals surface area contributed by atoms with Crippen molar-refractivity contribution in [1.29, 1.82) is 0 Å². The minimum Gasteiger partial charge on any atom is -0.396 e. The van der Waals surface area contributed by atoms with Gasteiger partial charge in [-0.05, 0) is 37.0 Å². The minimum absolute atomic E-state index is 0.0505. The number of amides is 1.